The fourth-order valence-corrected chi connectivity index (χ4v) is 3.90. The van der Waals surface area contributed by atoms with Crippen molar-refractivity contribution in [3.05, 3.63) is 29.8 Å². The summed E-state index contributed by atoms with van der Waals surface area (Å²) in [5.41, 5.74) is 1.68. The molecule has 2 aliphatic heterocycles. The van der Waals surface area contributed by atoms with Crippen LogP contribution >= 0.6 is 0 Å². The van der Waals surface area contributed by atoms with Gasteiger partial charge in [0, 0.05) is 31.9 Å². The van der Waals surface area contributed by atoms with Gasteiger partial charge in [-0.15, -0.1) is 0 Å². The van der Waals surface area contributed by atoms with Crippen LogP contribution in [0.1, 0.15) is 31.4 Å². The highest BCUT2D eigenvalue weighted by Crippen LogP contribution is 2.31. The Kier molecular flexibility index (Phi) is 6.64. The van der Waals surface area contributed by atoms with Crippen molar-refractivity contribution in [2.45, 2.75) is 25.8 Å². The summed E-state index contributed by atoms with van der Waals surface area (Å²) >= 11 is 0. The Bertz CT molecular complexity index is 573. The smallest absolute Gasteiger partial charge is 0.233 e. The highest BCUT2D eigenvalue weighted by atomic mass is 16.5. The average molecular weight is 361 g/mol. The minimum absolute atomic E-state index is 0.0647. The largest absolute Gasteiger partial charge is 0.384 e. The van der Waals surface area contributed by atoms with Crippen molar-refractivity contribution in [3.8, 4) is 0 Å². The molecule has 3 rings (SSSR count). The maximum atomic E-state index is 12.9. The van der Waals surface area contributed by atoms with E-state index in [1.54, 1.807) is 7.11 Å². The van der Waals surface area contributed by atoms with E-state index in [1.165, 1.54) is 5.56 Å². The molecule has 6 heteroatoms. The Morgan fingerprint density at radius 2 is 1.92 bits per heavy atom. The number of morpholine rings is 1. The molecule has 0 aliphatic carbocycles. The normalized spacial score (nSPS) is 21.9. The van der Waals surface area contributed by atoms with Gasteiger partial charge in [0.1, 0.15) is 0 Å². The van der Waals surface area contributed by atoms with Crippen molar-refractivity contribution < 1.29 is 14.3 Å². The third kappa shape index (κ3) is 4.43. The van der Waals surface area contributed by atoms with Gasteiger partial charge in [-0.25, -0.2) is 0 Å². The molecule has 0 radical (unpaired) electrons. The highest BCUT2D eigenvalue weighted by Gasteiger charge is 2.39. The zero-order chi connectivity index (χ0) is 18.4. The molecule has 6 nitrogen and oxygen atoms in total. The lowest BCUT2D eigenvalue weighted by Gasteiger charge is -2.35. The lowest BCUT2D eigenvalue weighted by Crippen LogP contribution is -2.47. The van der Waals surface area contributed by atoms with Crippen LogP contribution in [0.2, 0.25) is 0 Å². The minimum Gasteiger partial charge on any atom is -0.384 e. The molecule has 1 unspecified atom stereocenters. The number of nitrogens with zero attached hydrogens (tertiary/aromatic N) is 1. The molecule has 2 saturated heterocycles. The van der Waals surface area contributed by atoms with Gasteiger partial charge in [-0.2, -0.15) is 0 Å². The minimum atomic E-state index is -0.431. The van der Waals surface area contributed by atoms with Crippen LogP contribution in [0.5, 0.6) is 0 Å². The second-order valence-corrected chi connectivity index (χ2v) is 7.36. The number of benzene rings is 1. The summed E-state index contributed by atoms with van der Waals surface area (Å²) in [4.78, 5) is 15.3. The molecule has 0 spiro atoms. The van der Waals surface area contributed by atoms with Crippen molar-refractivity contribution in [1.82, 2.24) is 10.2 Å². The molecule has 0 bridgehead atoms. The molecule has 0 aromatic heterocycles. The zero-order valence-electron chi connectivity index (χ0n) is 15.9. The van der Waals surface area contributed by atoms with Crippen LogP contribution in [0.25, 0.3) is 0 Å². The zero-order valence-corrected chi connectivity index (χ0v) is 15.9. The van der Waals surface area contributed by atoms with Gasteiger partial charge >= 0.3 is 0 Å². The Balaban J connectivity index is 1.63. The predicted molar refractivity (Wildman–Crippen MR) is 102 cm³/mol. The number of hydrogen-bond donors (Lipinski definition) is 2. The maximum absolute atomic E-state index is 12.9. The van der Waals surface area contributed by atoms with E-state index in [2.05, 4.69) is 34.6 Å². The van der Waals surface area contributed by atoms with Crippen molar-refractivity contribution in [1.29, 1.82) is 0 Å². The van der Waals surface area contributed by atoms with E-state index in [4.69, 9.17) is 9.47 Å². The summed E-state index contributed by atoms with van der Waals surface area (Å²) in [5, 5.41) is 6.42. The SMILES string of the molecule is COCC1(C(=O)Nc2ccc(C(C)N3CCOCC3)cc2)CCNCC1. The van der Waals surface area contributed by atoms with Crippen molar-refractivity contribution in [3.63, 3.8) is 0 Å². The van der Waals surface area contributed by atoms with E-state index in [0.29, 0.717) is 12.6 Å². The first-order chi connectivity index (χ1) is 12.6. The number of carbonyl (C=O) groups is 1. The number of methoxy groups -OCH3 is 1. The number of amides is 1. The molecule has 144 valence electrons. The monoisotopic (exact) mass is 361 g/mol. The number of ether oxygens (including phenoxy) is 2. The number of nitrogens with one attached hydrogen (secondary N) is 2. The summed E-state index contributed by atoms with van der Waals surface area (Å²) in [7, 11) is 1.67. The van der Waals surface area contributed by atoms with Crippen LogP contribution in [0.4, 0.5) is 5.69 Å². The summed E-state index contributed by atoms with van der Waals surface area (Å²) < 4.78 is 10.8. The number of hydrogen-bond acceptors (Lipinski definition) is 5. The van der Waals surface area contributed by atoms with Crippen LogP contribution in [0.3, 0.4) is 0 Å². The highest BCUT2D eigenvalue weighted by molar-refractivity contribution is 5.95. The van der Waals surface area contributed by atoms with Gasteiger partial charge in [-0.1, -0.05) is 12.1 Å². The first-order valence-electron chi connectivity index (χ1n) is 9.57. The third-order valence-corrected chi connectivity index (χ3v) is 5.71. The second-order valence-electron chi connectivity index (χ2n) is 7.36. The lowest BCUT2D eigenvalue weighted by atomic mass is 9.78. The quantitative estimate of drug-likeness (QED) is 0.812. The Hall–Kier alpha value is -1.47. The summed E-state index contributed by atoms with van der Waals surface area (Å²) in [6.45, 7) is 7.93. The van der Waals surface area contributed by atoms with Crippen LogP contribution in [-0.4, -0.2) is 63.9 Å². The number of rotatable bonds is 6. The molecular formula is C20H31N3O3. The fourth-order valence-electron chi connectivity index (χ4n) is 3.90. The molecule has 1 aromatic rings. The van der Waals surface area contributed by atoms with Gasteiger partial charge in [-0.3, -0.25) is 9.69 Å². The molecule has 0 saturated carbocycles. The summed E-state index contributed by atoms with van der Waals surface area (Å²) in [6.07, 6.45) is 1.61. The van der Waals surface area contributed by atoms with Gasteiger partial charge in [0.05, 0.1) is 25.2 Å². The van der Waals surface area contributed by atoms with E-state index >= 15 is 0 Å². The number of piperidine rings is 1. The molecule has 26 heavy (non-hydrogen) atoms. The Labute approximate surface area is 156 Å². The number of anilines is 1. The van der Waals surface area contributed by atoms with Crippen LogP contribution in [0.15, 0.2) is 24.3 Å². The Morgan fingerprint density at radius 1 is 1.27 bits per heavy atom. The first-order valence-corrected chi connectivity index (χ1v) is 9.57. The molecule has 1 amide bonds. The van der Waals surface area contributed by atoms with Gasteiger partial charge in [0.25, 0.3) is 0 Å². The summed E-state index contributed by atoms with van der Waals surface area (Å²) in [5.74, 6) is 0.0647. The lowest BCUT2D eigenvalue weighted by molar-refractivity contribution is -0.130. The van der Waals surface area contributed by atoms with E-state index < -0.39 is 5.41 Å². The molecule has 2 heterocycles. The molecular weight excluding hydrogens is 330 g/mol. The summed E-state index contributed by atoms with van der Waals surface area (Å²) in [6, 6.07) is 8.59. The van der Waals surface area contributed by atoms with E-state index in [9.17, 15) is 4.79 Å². The van der Waals surface area contributed by atoms with Crippen LogP contribution in [-0.2, 0) is 14.3 Å². The maximum Gasteiger partial charge on any atom is 0.233 e. The standard InChI is InChI=1S/C20H31N3O3/c1-16(23-11-13-26-14-12-23)17-3-5-18(6-4-17)22-19(24)20(15-25-2)7-9-21-10-8-20/h3-6,16,21H,7-15H2,1-2H3,(H,22,24). The molecule has 2 N–H and O–H groups in total. The molecule has 2 aliphatic rings. The van der Waals surface area contributed by atoms with Gasteiger partial charge in [0.2, 0.25) is 5.91 Å². The molecule has 1 atom stereocenters. The predicted octanol–water partition coefficient (Wildman–Crippen LogP) is 2.03. The first kappa shape index (κ1) is 19.3. The second kappa shape index (κ2) is 8.95. The van der Waals surface area contributed by atoms with Gasteiger partial charge in [-0.05, 0) is 50.6 Å². The van der Waals surface area contributed by atoms with Crippen LogP contribution in [0, 0.1) is 5.41 Å². The average Bonchev–Trinajstić information content (AvgIpc) is 2.69. The number of carbonyl (C=O) groups excluding carboxylic acids is 1. The van der Waals surface area contributed by atoms with Crippen molar-refractivity contribution in [2.75, 3.05) is 58.4 Å². The Morgan fingerprint density at radius 3 is 2.54 bits per heavy atom. The molecule has 1 aromatic carbocycles. The van der Waals surface area contributed by atoms with Gasteiger partial charge < -0.3 is 20.1 Å². The van der Waals surface area contributed by atoms with Crippen molar-refractivity contribution >= 4 is 11.6 Å². The van der Waals surface area contributed by atoms with Gasteiger partial charge in [0.15, 0.2) is 0 Å². The molecule has 2 fully saturated rings. The third-order valence-electron chi connectivity index (χ3n) is 5.71. The van der Waals surface area contributed by atoms with E-state index in [-0.39, 0.29) is 5.91 Å². The van der Waals surface area contributed by atoms with E-state index in [1.807, 2.05) is 12.1 Å². The topological polar surface area (TPSA) is 62.8 Å². The van der Waals surface area contributed by atoms with Crippen molar-refractivity contribution in [2.24, 2.45) is 5.41 Å². The van der Waals surface area contributed by atoms with Crippen LogP contribution < -0.4 is 10.6 Å². The van der Waals surface area contributed by atoms with E-state index in [0.717, 1.165) is 57.9 Å². The fraction of sp³-hybridized carbons (Fsp3) is 0.650.